The van der Waals surface area contributed by atoms with Gasteiger partial charge in [0.2, 0.25) is 11.8 Å². The number of carbonyl (C=O) groups excluding carboxylic acids is 4. The Kier molecular flexibility index (Phi) is 5.67. The van der Waals surface area contributed by atoms with Gasteiger partial charge in [0.05, 0.1) is 11.9 Å². The van der Waals surface area contributed by atoms with E-state index in [1.54, 1.807) is 23.2 Å². The number of piperidine rings is 1. The van der Waals surface area contributed by atoms with Crippen LogP contribution in [0.2, 0.25) is 0 Å². The summed E-state index contributed by atoms with van der Waals surface area (Å²) in [5, 5.41) is 14.0. The van der Waals surface area contributed by atoms with E-state index in [9.17, 15) is 19.2 Å². The number of nitrogens with one attached hydrogen (secondary N) is 2. The highest BCUT2D eigenvalue weighted by atomic mass is 16.2. The number of carbonyl (C=O) groups is 4. The maximum absolute atomic E-state index is 13.1. The molecular formula is C26H25N7O4. The predicted octanol–water partition coefficient (Wildman–Crippen LogP) is 1.35. The van der Waals surface area contributed by atoms with Gasteiger partial charge in [0.25, 0.3) is 11.8 Å². The molecule has 2 fully saturated rings. The number of para-hydroxylation sites is 1. The minimum absolute atomic E-state index is 0.169. The highest BCUT2D eigenvalue weighted by Crippen LogP contribution is 2.29. The van der Waals surface area contributed by atoms with Gasteiger partial charge in [0.1, 0.15) is 6.04 Å². The van der Waals surface area contributed by atoms with E-state index < -0.39 is 11.9 Å². The van der Waals surface area contributed by atoms with Crippen LogP contribution in [0, 0.1) is 0 Å². The second-order valence-electron chi connectivity index (χ2n) is 9.54. The number of imide groups is 1. The third kappa shape index (κ3) is 4.32. The molecule has 0 saturated carbocycles. The number of aromatic nitrogens is 3. The molecule has 6 rings (SSSR count). The van der Waals surface area contributed by atoms with Crippen molar-refractivity contribution in [1.29, 1.82) is 0 Å². The first-order chi connectivity index (χ1) is 18.0. The zero-order valence-corrected chi connectivity index (χ0v) is 20.0. The lowest BCUT2D eigenvalue weighted by atomic mass is 10.0. The number of fused-ring (bicyclic) bond motifs is 1. The number of hydrogen-bond acceptors (Lipinski definition) is 7. The topological polar surface area (TPSA) is 130 Å². The summed E-state index contributed by atoms with van der Waals surface area (Å²) >= 11 is 0. The summed E-state index contributed by atoms with van der Waals surface area (Å²) in [6.45, 7) is 1.48. The second-order valence-corrected chi connectivity index (χ2v) is 9.54. The number of nitrogens with zero attached hydrogens (tertiary/aromatic N) is 5. The van der Waals surface area contributed by atoms with Crippen molar-refractivity contribution in [2.75, 3.05) is 18.4 Å². The fourth-order valence-electron chi connectivity index (χ4n) is 5.19. The SMILES string of the molecule is O=C1CCC(N2Cc3cc(-n4cc(C(=O)N5CCC(Nc6ccccc6)C5)nn4)ccc3C2=O)C(=O)N1. The molecule has 4 heterocycles. The molecule has 3 aliphatic heterocycles. The van der Waals surface area contributed by atoms with E-state index in [2.05, 4.69) is 20.9 Å². The molecule has 1 aromatic heterocycles. The minimum Gasteiger partial charge on any atom is -0.380 e. The van der Waals surface area contributed by atoms with E-state index in [0.29, 0.717) is 30.8 Å². The van der Waals surface area contributed by atoms with Gasteiger partial charge in [-0.05, 0) is 48.7 Å². The van der Waals surface area contributed by atoms with E-state index in [0.717, 1.165) is 17.7 Å². The van der Waals surface area contributed by atoms with E-state index in [4.69, 9.17) is 0 Å². The van der Waals surface area contributed by atoms with E-state index >= 15 is 0 Å². The van der Waals surface area contributed by atoms with Crippen molar-refractivity contribution >= 4 is 29.3 Å². The second kappa shape index (κ2) is 9.16. The van der Waals surface area contributed by atoms with Crippen LogP contribution in [0.5, 0.6) is 0 Å². The van der Waals surface area contributed by atoms with Crippen molar-refractivity contribution in [1.82, 2.24) is 30.1 Å². The molecule has 0 radical (unpaired) electrons. The molecule has 188 valence electrons. The molecule has 11 nitrogen and oxygen atoms in total. The van der Waals surface area contributed by atoms with Crippen LogP contribution < -0.4 is 10.6 Å². The number of amides is 4. The Hall–Kier alpha value is -4.54. The van der Waals surface area contributed by atoms with Gasteiger partial charge in [-0.15, -0.1) is 5.10 Å². The van der Waals surface area contributed by atoms with Crippen LogP contribution in [-0.4, -0.2) is 73.6 Å². The average molecular weight is 500 g/mol. The molecule has 0 bridgehead atoms. The van der Waals surface area contributed by atoms with Gasteiger partial charge in [-0.1, -0.05) is 23.4 Å². The van der Waals surface area contributed by atoms with Crippen molar-refractivity contribution in [2.45, 2.75) is 37.9 Å². The van der Waals surface area contributed by atoms with Crippen LogP contribution in [-0.2, 0) is 16.1 Å². The van der Waals surface area contributed by atoms with Crippen molar-refractivity contribution < 1.29 is 19.2 Å². The molecule has 2 aromatic carbocycles. The number of likely N-dealkylation sites (tertiary alicyclic amines) is 1. The largest absolute Gasteiger partial charge is 0.380 e. The van der Waals surface area contributed by atoms with Gasteiger partial charge in [-0.2, -0.15) is 0 Å². The summed E-state index contributed by atoms with van der Waals surface area (Å²) < 4.78 is 1.52. The van der Waals surface area contributed by atoms with Crippen molar-refractivity contribution in [3.63, 3.8) is 0 Å². The third-order valence-electron chi connectivity index (χ3n) is 7.10. The number of anilines is 1. The molecule has 0 aliphatic carbocycles. The standard InChI is InChI=1S/C26H25N7O4/c34-23-9-8-22(24(35)28-23)32-13-16-12-19(6-7-20(16)25(32)36)33-15-21(29-30-33)26(37)31-11-10-18(14-31)27-17-4-2-1-3-5-17/h1-7,12,15,18,22,27H,8-11,13-14H2,(H,28,34,35). The van der Waals surface area contributed by atoms with Gasteiger partial charge in [-0.3, -0.25) is 24.5 Å². The van der Waals surface area contributed by atoms with Gasteiger partial charge < -0.3 is 15.1 Å². The highest BCUT2D eigenvalue weighted by molar-refractivity contribution is 6.05. The van der Waals surface area contributed by atoms with Crippen molar-refractivity contribution in [3.8, 4) is 5.69 Å². The molecule has 0 spiro atoms. The fourth-order valence-corrected chi connectivity index (χ4v) is 5.19. The summed E-state index contributed by atoms with van der Waals surface area (Å²) in [6.07, 6.45) is 2.95. The molecule has 3 aromatic rings. The molecular weight excluding hydrogens is 474 g/mol. The van der Waals surface area contributed by atoms with Crippen LogP contribution in [0.4, 0.5) is 5.69 Å². The van der Waals surface area contributed by atoms with Crippen LogP contribution in [0.1, 0.15) is 45.7 Å². The van der Waals surface area contributed by atoms with Gasteiger partial charge in [0.15, 0.2) is 5.69 Å². The lowest BCUT2D eigenvalue weighted by Gasteiger charge is -2.29. The van der Waals surface area contributed by atoms with E-state index in [-0.39, 0.29) is 42.4 Å². The molecule has 2 unspecified atom stereocenters. The summed E-state index contributed by atoms with van der Waals surface area (Å²) in [4.78, 5) is 53.0. The van der Waals surface area contributed by atoms with Crippen molar-refractivity contribution in [3.05, 3.63) is 71.5 Å². The predicted molar refractivity (Wildman–Crippen MR) is 132 cm³/mol. The molecule has 11 heteroatoms. The lowest BCUT2D eigenvalue weighted by molar-refractivity contribution is -0.136. The zero-order valence-electron chi connectivity index (χ0n) is 20.0. The smallest absolute Gasteiger partial charge is 0.276 e. The molecule has 37 heavy (non-hydrogen) atoms. The Morgan fingerprint density at radius 3 is 2.70 bits per heavy atom. The highest BCUT2D eigenvalue weighted by Gasteiger charge is 2.39. The Morgan fingerprint density at radius 1 is 1.05 bits per heavy atom. The van der Waals surface area contributed by atoms with E-state index in [1.165, 1.54) is 9.58 Å². The zero-order chi connectivity index (χ0) is 25.5. The maximum Gasteiger partial charge on any atom is 0.276 e. The Bertz CT molecular complexity index is 1400. The molecule has 4 amide bonds. The van der Waals surface area contributed by atoms with Crippen molar-refractivity contribution in [2.24, 2.45) is 0 Å². The Morgan fingerprint density at radius 2 is 1.89 bits per heavy atom. The van der Waals surface area contributed by atoms with Crippen LogP contribution in [0.15, 0.2) is 54.7 Å². The van der Waals surface area contributed by atoms with Gasteiger partial charge in [0, 0.05) is 43.3 Å². The maximum atomic E-state index is 13.1. The van der Waals surface area contributed by atoms with Crippen LogP contribution in [0.3, 0.4) is 0 Å². The number of benzene rings is 2. The molecule has 3 aliphatic rings. The van der Waals surface area contributed by atoms with Crippen LogP contribution >= 0.6 is 0 Å². The first-order valence-corrected chi connectivity index (χ1v) is 12.3. The average Bonchev–Trinajstić information content (AvgIpc) is 3.64. The monoisotopic (exact) mass is 499 g/mol. The fraction of sp³-hybridized carbons (Fsp3) is 0.308. The number of rotatable bonds is 5. The number of hydrogen-bond donors (Lipinski definition) is 2. The summed E-state index contributed by atoms with van der Waals surface area (Å²) in [5.74, 6) is -1.18. The van der Waals surface area contributed by atoms with Gasteiger partial charge in [-0.25, -0.2) is 4.68 Å². The summed E-state index contributed by atoms with van der Waals surface area (Å²) in [5.41, 5.74) is 3.21. The Labute approximate surface area is 212 Å². The van der Waals surface area contributed by atoms with Crippen LogP contribution in [0.25, 0.3) is 5.69 Å². The molecule has 2 atom stereocenters. The Balaban J connectivity index is 1.13. The lowest BCUT2D eigenvalue weighted by Crippen LogP contribution is -2.52. The third-order valence-corrected chi connectivity index (χ3v) is 7.10. The normalized spacial score (nSPS) is 21.2. The van der Waals surface area contributed by atoms with Gasteiger partial charge >= 0.3 is 0 Å². The summed E-state index contributed by atoms with van der Waals surface area (Å²) in [6, 6.07) is 14.7. The first-order valence-electron chi connectivity index (χ1n) is 12.3. The van der Waals surface area contributed by atoms with E-state index in [1.807, 2.05) is 36.4 Å². The quantitative estimate of drug-likeness (QED) is 0.507. The molecule has 2 saturated heterocycles. The minimum atomic E-state index is -0.669. The summed E-state index contributed by atoms with van der Waals surface area (Å²) in [7, 11) is 0. The first kappa shape index (κ1) is 22.9. The molecule has 2 N–H and O–H groups in total.